The maximum absolute atomic E-state index is 12.2. The van der Waals surface area contributed by atoms with Crippen molar-refractivity contribution in [3.05, 3.63) is 87.2 Å². The quantitative estimate of drug-likeness (QED) is 0.478. The lowest BCUT2D eigenvalue weighted by Crippen LogP contribution is -2.20. The summed E-state index contributed by atoms with van der Waals surface area (Å²) in [6.45, 7) is 8.11. The lowest BCUT2D eigenvalue weighted by molar-refractivity contribution is -0.120. The number of hydrogen-bond donors (Lipinski definition) is 1. The average molecular weight is 394 g/mol. The standard InChI is InChI=1S/C23H24ClN3O/c1-15-8-9-19(16(2)10-15)12-23(28)26-25-14-20-11-17(3)27(18(20)4)22-7-5-6-21(24)13-22/h5-11,13-14H,12H2,1-4H3,(H,26,28)/b25-14-. The minimum absolute atomic E-state index is 0.133. The summed E-state index contributed by atoms with van der Waals surface area (Å²) in [5, 5.41) is 4.84. The fourth-order valence-corrected chi connectivity index (χ4v) is 3.55. The Balaban J connectivity index is 1.71. The minimum Gasteiger partial charge on any atom is -0.318 e. The number of nitrogens with one attached hydrogen (secondary N) is 1. The van der Waals surface area contributed by atoms with Gasteiger partial charge in [0.2, 0.25) is 5.91 Å². The third-order valence-corrected chi connectivity index (χ3v) is 5.01. The second-order valence-electron chi connectivity index (χ2n) is 7.04. The van der Waals surface area contributed by atoms with Gasteiger partial charge in [0.25, 0.3) is 0 Å². The largest absolute Gasteiger partial charge is 0.318 e. The van der Waals surface area contributed by atoms with Crippen molar-refractivity contribution in [2.45, 2.75) is 34.1 Å². The van der Waals surface area contributed by atoms with Crippen LogP contribution in [-0.2, 0) is 11.2 Å². The first-order valence-electron chi connectivity index (χ1n) is 9.18. The number of benzene rings is 2. The molecule has 4 nitrogen and oxygen atoms in total. The van der Waals surface area contributed by atoms with Crippen LogP contribution in [0, 0.1) is 27.7 Å². The fourth-order valence-electron chi connectivity index (χ4n) is 3.36. The average Bonchev–Trinajstić information content (AvgIpc) is 2.91. The number of aromatic nitrogens is 1. The zero-order valence-corrected chi connectivity index (χ0v) is 17.3. The normalized spacial score (nSPS) is 11.2. The van der Waals surface area contributed by atoms with Crippen molar-refractivity contribution < 1.29 is 4.79 Å². The second-order valence-corrected chi connectivity index (χ2v) is 7.48. The van der Waals surface area contributed by atoms with Crippen LogP contribution in [0.15, 0.2) is 53.6 Å². The number of rotatable bonds is 5. The highest BCUT2D eigenvalue weighted by Crippen LogP contribution is 2.22. The Kier molecular flexibility index (Phi) is 6.00. The molecule has 5 heteroatoms. The zero-order chi connectivity index (χ0) is 20.3. The number of halogens is 1. The molecule has 1 amide bonds. The van der Waals surface area contributed by atoms with Crippen LogP contribution in [0.1, 0.15) is 33.6 Å². The Morgan fingerprint density at radius 1 is 1.11 bits per heavy atom. The molecular weight excluding hydrogens is 370 g/mol. The molecule has 3 rings (SSSR count). The van der Waals surface area contributed by atoms with E-state index in [4.69, 9.17) is 11.6 Å². The van der Waals surface area contributed by atoms with Crippen molar-refractivity contribution in [2.24, 2.45) is 5.10 Å². The topological polar surface area (TPSA) is 46.4 Å². The van der Waals surface area contributed by atoms with E-state index < -0.39 is 0 Å². The van der Waals surface area contributed by atoms with Gasteiger partial charge in [-0.2, -0.15) is 5.10 Å². The number of hydrogen-bond acceptors (Lipinski definition) is 2. The Morgan fingerprint density at radius 2 is 1.89 bits per heavy atom. The van der Waals surface area contributed by atoms with E-state index in [-0.39, 0.29) is 5.91 Å². The first-order chi connectivity index (χ1) is 13.3. The van der Waals surface area contributed by atoms with Crippen molar-refractivity contribution >= 4 is 23.7 Å². The molecule has 0 unspecified atom stereocenters. The summed E-state index contributed by atoms with van der Waals surface area (Å²) in [5.41, 5.74) is 10.00. The maximum atomic E-state index is 12.2. The van der Waals surface area contributed by atoms with E-state index in [1.807, 2.05) is 70.2 Å². The van der Waals surface area contributed by atoms with E-state index in [9.17, 15) is 4.79 Å². The summed E-state index contributed by atoms with van der Waals surface area (Å²) in [4.78, 5) is 12.2. The lowest BCUT2D eigenvalue weighted by atomic mass is 10.0. The van der Waals surface area contributed by atoms with E-state index in [0.717, 1.165) is 33.8 Å². The van der Waals surface area contributed by atoms with Gasteiger partial charge in [0, 0.05) is 27.7 Å². The molecule has 0 saturated carbocycles. The molecule has 1 N–H and O–H groups in total. The molecule has 0 atom stereocenters. The zero-order valence-electron chi connectivity index (χ0n) is 16.6. The molecule has 1 aromatic heterocycles. The molecule has 3 aromatic rings. The van der Waals surface area contributed by atoms with Crippen LogP contribution in [0.25, 0.3) is 5.69 Å². The van der Waals surface area contributed by atoms with Crippen molar-refractivity contribution in [2.75, 3.05) is 0 Å². The van der Waals surface area contributed by atoms with Gasteiger partial charge >= 0.3 is 0 Å². The molecule has 1 heterocycles. The van der Waals surface area contributed by atoms with E-state index >= 15 is 0 Å². The molecule has 0 fully saturated rings. The van der Waals surface area contributed by atoms with Crippen LogP contribution in [0.3, 0.4) is 0 Å². The van der Waals surface area contributed by atoms with E-state index in [2.05, 4.69) is 21.2 Å². The predicted molar refractivity (Wildman–Crippen MR) is 116 cm³/mol. The van der Waals surface area contributed by atoms with Crippen LogP contribution in [0.4, 0.5) is 0 Å². The molecule has 0 aliphatic rings. The summed E-state index contributed by atoms with van der Waals surface area (Å²) < 4.78 is 2.12. The Hall–Kier alpha value is -2.85. The smallest absolute Gasteiger partial charge is 0.244 e. The van der Waals surface area contributed by atoms with Crippen LogP contribution < -0.4 is 5.43 Å². The molecular formula is C23H24ClN3O. The Bertz CT molecular complexity index is 1050. The Labute approximate surface area is 170 Å². The van der Waals surface area contributed by atoms with Gasteiger partial charge in [-0.3, -0.25) is 4.79 Å². The highest BCUT2D eigenvalue weighted by atomic mass is 35.5. The van der Waals surface area contributed by atoms with Crippen molar-refractivity contribution in [3.63, 3.8) is 0 Å². The molecule has 0 aliphatic carbocycles. The summed E-state index contributed by atoms with van der Waals surface area (Å²) in [7, 11) is 0. The van der Waals surface area contributed by atoms with Gasteiger partial charge in [-0.25, -0.2) is 5.43 Å². The van der Waals surface area contributed by atoms with E-state index in [1.165, 1.54) is 5.56 Å². The monoisotopic (exact) mass is 393 g/mol. The number of amides is 1. The van der Waals surface area contributed by atoms with Crippen molar-refractivity contribution in [1.29, 1.82) is 0 Å². The second kappa shape index (κ2) is 8.44. The molecule has 0 saturated heterocycles. The van der Waals surface area contributed by atoms with Crippen LogP contribution >= 0.6 is 11.6 Å². The minimum atomic E-state index is -0.133. The molecule has 0 spiro atoms. The molecule has 28 heavy (non-hydrogen) atoms. The van der Waals surface area contributed by atoms with Gasteiger partial charge in [0.1, 0.15) is 0 Å². The fraction of sp³-hybridized carbons (Fsp3) is 0.217. The summed E-state index contributed by atoms with van der Waals surface area (Å²) in [5.74, 6) is -0.133. The van der Waals surface area contributed by atoms with Gasteiger partial charge < -0.3 is 4.57 Å². The number of nitrogens with zero attached hydrogens (tertiary/aromatic N) is 2. The van der Waals surface area contributed by atoms with Gasteiger partial charge in [-0.15, -0.1) is 0 Å². The number of carbonyl (C=O) groups excluding carboxylic acids is 1. The highest BCUT2D eigenvalue weighted by Gasteiger charge is 2.10. The van der Waals surface area contributed by atoms with Crippen molar-refractivity contribution in [1.82, 2.24) is 9.99 Å². The van der Waals surface area contributed by atoms with Gasteiger partial charge in [-0.05, 0) is 63.1 Å². The molecule has 0 aliphatic heterocycles. The lowest BCUT2D eigenvalue weighted by Gasteiger charge is -2.09. The molecule has 0 radical (unpaired) electrons. The van der Waals surface area contributed by atoms with Gasteiger partial charge in [-0.1, -0.05) is 41.4 Å². The highest BCUT2D eigenvalue weighted by molar-refractivity contribution is 6.30. The first-order valence-corrected chi connectivity index (χ1v) is 9.56. The molecule has 2 aromatic carbocycles. The number of aryl methyl sites for hydroxylation is 3. The van der Waals surface area contributed by atoms with E-state index in [1.54, 1.807) is 6.21 Å². The number of hydrazone groups is 1. The van der Waals surface area contributed by atoms with Crippen LogP contribution in [0.2, 0.25) is 5.02 Å². The van der Waals surface area contributed by atoms with Gasteiger partial charge in [0.15, 0.2) is 0 Å². The summed E-state index contributed by atoms with van der Waals surface area (Å²) in [6.07, 6.45) is 1.99. The van der Waals surface area contributed by atoms with Crippen molar-refractivity contribution in [3.8, 4) is 5.69 Å². The Morgan fingerprint density at radius 3 is 2.61 bits per heavy atom. The van der Waals surface area contributed by atoms with Crippen LogP contribution in [0.5, 0.6) is 0 Å². The SMILES string of the molecule is Cc1ccc(CC(=O)N/N=C\c2cc(C)n(-c3cccc(Cl)c3)c2C)c(C)c1. The van der Waals surface area contributed by atoms with E-state index in [0.29, 0.717) is 11.4 Å². The predicted octanol–water partition coefficient (Wildman–Crippen LogP) is 5.06. The summed E-state index contributed by atoms with van der Waals surface area (Å²) >= 11 is 6.12. The first kappa shape index (κ1) is 19.9. The van der Waals surface area contributed by atoms with Gasteiger partial charge in [0.05, 0.1) is 12.6 Å². The third-order valence-electron chi connectivity index (χ3n) is 4.78. The van der Waals surface area contributed by atoms with Crippen LogP contribution in [-0.4, -0.2) is 16.7 Å². The maximum Gasteiger partial charge on any atom is 0.244 e. The molecule has 144 valence electrons. The number of carbonyl (C=O) groups is 1. The third kappa shape index (κ3) is 4.52. The summed E-state index contributed by atoms with van der Waals surface area (Å²) in [6, 6.07) is 15.8. The molecule has 0 bridgehead atoms.